The fourth-order valence-electron chi connectivity index (χ4n) is 1.86. The first-order valence-corrected chi connectivity index (χ1v) is 4.64. The van der Waals surface area contributed by atoms with Crippen molar-refractivity contribution in [2.24, 2.45) is 0 Å². The smallest absolute Gasteiger partial charge is 0.0152 e. The van der Waals surface area contributed by atoms with Crippen LogP contribution in [0.15, 0.2) is 30.3 Å². The van der Waals surface area contributed by atoms with Gasteiger partial charge in [0.2, 0.25) is 0 Å². The second-order valence-corrected chi connectivity index (χ2v) is 3.81. The van der Waals surface area contributed by atoms with Gasteiger partial charge in [0, 0.05) is 0 Å². The normalized spacial score (nSPS) is 10.7. The summed E-state index contributed by atoms with van der Waals surface area (Å²) in [6.45, 7) is 6.46. The molecular weight excluding hydrogens is 156 g/mol. The number of fused-ring (bicyclic) bond motifs is 1. The molecule has 0 N–H and O–H groups in total. The molecule has 0 atom stereocenters. The van der Waals surface area contributed by atoms with Crippen molar-refractivity contribution in [1.82, 2.24) is 0 Å². The van der Waals surface area contributed by atoms with Crippen LogP contribution in [0.5, 0.6) is 0 Å². The highest BCUT2D eigenvalue weighted by molar-refractivity contribution is 5.71. The molecule has 0 heterocycles. The zero-order valence-electron chi connectivity index (χ0n) is 8.39. The Hall–Kier alpha value is -1.30. The quantitative estimate of drug-likeness (QED) is 0.565. The van der Waals surface area contributed by atoms with E-state index in [1.54, 1.807) is 0 Å². The molecule has 0 spiro atoms. The molecule has 0 saturated carbocycles. The fraction of sp³-hybridized carbons (Fsp3) is 0.231. The molecular formula is C13H14. The van der Waals surface area contributed by atoms with Gasteiger partial charge in [-0.15, -0.1) is 0 Å². The van der Waals surface area contributed by atoms with Gasteiger partial charge < -0.3 is 0 Å². The monoisotopic (exact) mass is 170 g/mol. The largest absolute Gasteiger partial charge is 0.0581 e. The highest BCUT2D eigenvalue weighted by Crippen LogP contribution is 2.27. The van der Waals surface area contributed by atoms with Crippen molar-refractivity contribution in [2.75, 3.05) is 0 Å². The summed E-state index contributed by atoms with van der Waals surface area (Å²) in [5.41, 5.74) is 6.77. The minimum Gasteiger partial charge on any atom is -0.0581 e. The number of aryl methyl sites for hydroxylation is 3. The zero-order valence-corrected chi connectivity index (χ0v) is 8.39. The minimum atomic E-state index is 1.33. The molecule has 2 aliphatic rings. The second-order valence-electron chi connectivity index (χ2n) is 3.81. The third-order valence-electron chi connectivity index (χ3n) is 2.46. The van der Waals surface area contributed by atoms with Gasteiger partial charge in [-0.05, 0) is 37.5 Å². The van der Waals surface area contributed by atoms with Crippen LogP contribution in [0.1, 0.15) is 16.7 Å². The van der Waals surface area contributed by atoms with E-state index in [1.807, 2.05) is 0 Å². The summed E-state index contributed by atoms with van der Waals surface area (Å²) in [5.74, 6) is 0. The number of hydrogen-bond acceptors (Lipinski definition) is 0. The van der Waals surface area contributed by atoms with Crippen molar-refractivity contribution in [3.05, 3.63) is 47.0 Å². The van der Waals surface area contributed by atoms with Gasteiger partial charge in [0.1, 0.15) is 0 Å². The maximum Gasteiger partial charge on any atom is -0.0152 e. The van der Waals surface area contributed by atoms with E-state index in [4.69, 9.17) is 0 Å². The van der Waals surface area contributed by atoms with Crippen molar-refractivity contribution in [3.63, 3.8) is 0 Å². The maximum atomic E-state index is 2.26. The lowest BCUT2D eigenvalue weighted by molar-refractivity contribution is 1.44. The van der Waals surface area contributed by atoms with Crippen LogP contribution in [0.25, 0.3) is 11.1 Å². The lowest BCUT2D eigenvalue weighted by Gasteiger charge is -1.93. The first kappa shape index (κ1) is 8.31. The average Bonchev–Trinajstić information content (AvgIpc) is 2.32. The lowest BCUT2D eigenvalue weighted by Crippen LogP contribution is -1.70. The lowest BCUT2D eigenvalue weighted by atomic mass is 10.1. The fourth-order valence-corrected chi connectivity index (χ4v) is 1.86. The van der Waals surface area contributed by atoms with Crippen LogP contribution in [0.4, 0.5) is 0 Å². The highest BCUT2D eigenvalue weighted by atomic mass is 14.1. The summed E-state index contributed by atoms with van der Waals surface area (Å²) in [4.78, 5) is 0. The molecule has 0 bridgehead atoms. The molecule has 0 radical (unpaired) electrons. The molecule has 0 aliphatic heterocycles. The third kappa shape index (κ3) is 1.44. The van der Waals surface area contributed by atoms with Crippen molar-refractivity contribution in [1.29, 1.82) is 0 Å². The van der Waals surface area contributed by atoms with Crippen LogP contribution in [-0.2, 0) is 0 Å². The van der Waals surface area contributed by atoms with Gasteiger partial charge in [-0.3, -0.25) is 0 Å². The number of hydrogen-bond donors (Lipinski definition) is 0. The molecule has 2 aliphatic carbocycles. The van der Waals surface area contributed by atoms with Crippen LogP contribution in [0.3, 0.4) is 0 Å². The van der Waals surface area contributed by atoms with Crippen molar-refractivity contribution >= 4 is 0 Å². The maximum absolute atomic E-state index is 2.26. The standard InChI is InChI=1S/C13H14/c1-9-6-10(2)8-13-11(3)4-5-12(13)7-9/h4-8H,1-3H3. The second kappa shape index (κ2) is 2.88. The van der Waals surface area contributed by atoms with Crippen molar-refractivity contribution in [3.8, 4) is 11.1 Å². The van der Waals surface area contributed by atoms with Crippen LogP contribution in [-0.4, -0.2) is 0 Å². The topological polar surface area (TPSA) is 0 Å². The van der Waals surface area contributed by atoms with Gasteiger partial charge in [0.05, 0.1) is 0 Å². The van der Waals surface area contributed by atoms with Crippen LogP contribution in [0.2, 0.25) is 0 Å². The SMILES string of the molecule is Cc1cc(C)cc2c(C)ccc-2c1. The summed E-state index contributed by atoms with van der Waals surface area (Å²) in [7, 11) is 0. The molecule has 0 saturated heterocycles. The molecule has 0 fully saturated rings. The van der Waals surface area contributed by atoms with Gasteiger partial charge in [-0.1, -0.05) is 41.5 Å². The van der Waals surface area contributed by atoms with E-state index in [1.165, 1.54) is 27.8 Å². The molecule has 0 aromatic heterocycles. The average molecular weight is 170 g/mol. The molecule has 13 heavy (non-hydrogen) atoms. The Bertz CT molecular complexity index is 413. The summed E-state index contributed by atoms with van der Waals surface area (Å²) in [6.07, 6.45) is 0. The van der Waals surface area contributed by atoms with E-state index in [0.29, 0.717) is 0 Å². The van der Waals surface area contributed by atoms with E-state index in [-0.39, 0.29) is 0 Å². The Labute approximate surface area is 79.6 Å². The summed E-state index contributed by atoms with van der Waals surface area (Å²) in [5, 5.41) is 0. The Morgan fingerprint density at radius 1 is 0.769 bits per heavy atom. The molecule has 0 amide bonds. The van der Waals surface area contributed by atoms with Gasteiger partial charge in [0.25, 0.3) is 0 Å². The van der Waals surface area contributed by atoms with Gasteiger partial charge in [-0.2, -0.15) is 0 Å². The Morgan fingerprint density at radius 3 is 2.23 bits per heavy atom. The highest BCUT2D eigenvalue weighted by Gasteiger charge is 2.04. The molecule has 0 aromatic rings. The van der Waals surface area contributed by atoms with E-state index in [0.717, 1.165) is 0 Å². The molecule has 66 valence electrons. The Kier molecular flexibility index (Phi) is 1.84. The van der Waals surface area contributed by atoms with Gasteiger partial charge in [-0.25, -0.2) is 0 Å². The first-order chi connectivity index (χ1) is 6.16. The van der Waals surface area contributed by atoms with Crippen molar-refractivity contribution < 1.29 is 0 Å². The number of rotatable bonds is 0. The van der Waals surface area contributed by atoms with E-state index in [2.05, 4.69) is 51.1 Å². The third-order valence-corrected chi connectivity index (χ3v) is 2.46. The molecule has 0 unspecified atom stereocenters. The van der Waals surface area contributed by atoms with Crippen molar-refractivity contribution in [2.45, 2.75) is 20.8 Å². The molecule has 0 heteroatoms. The van der Waals surface area contributed by atoms with Crippen LogP contribution >= 0.6 is 0 Å². The van der Waals surface area contributed by atoms with Gasteiger partial charge in [0.15, 0.2) is 0 Å². The zero-order chi connectivity index (χ0) is 9.42. The van der Waals surface area contributed by atoms with Crippen LogP contribution < -0.4 is 0 Å². The predicted octanol–water partition coefficient (Wildman–Crippen LogP) is 3.72. The Balaban J connectivity index is 2.78. The van der Waals surface area contributed by atoms with E-state index < -0.39 is 0 Å². The summed E-state index contributed by atoms with van der Waals surface area (Å²) >= 11 is 0. The molecule has 0 nitrogen and oxygen atoms in total. The Morgan fingerprint density at radius 2 is 1.46 bits per heavy atom. The van der Waals surface area contributed by atoms with E-state index in [9.17, 15) is 0 Å². The predicted molar refractivity (Wildman–Crippen MR) is 57.3 cm³/mol. The molecule has 0 aromatic carbocycles. The first-order valence-electron chi connectivity index (χ1n) is 4.64. The van der Waals surface area contributed by atoms with Crippen LogP contribution in [0, 0.1) is 20.8 Å². The van der Waals surface area contributed by atoms with E-state index >= 15 is 0 Å². The van der Waals surface area contributed by atoms with Gasteiger partial charge >= 0.3 is 0 Å². The minimum absolute atomic E-state index is 1.33. The molecule has 2 rings (SSSR count). The summed E-state index contributed by atoms with van der Waals surface area (Å²) < 4.78 is 0. The summed E-state index contributed by atoms with van der Waals surface area (Å²) in [6, 6.07) is 11.1.